The summed E-state index contributed by atoms with van der Waals surface area (Å²) in [5.41, 5.74) is 4.07. The van der Waals surface area contributed by atoms with Gasteiger partial charge in [0.1, 0.15) is 23.3 Å². The molecule has 4 aromatic rings. The summed E-state index contributed by atoms with van der Waals surface area (Å²) in [5.74, 6) is -3.69. The molecule has 17 heteroatoms. The van der Waals surface area contributed by atoms with Crippen molar-refractivity contribution in [2.24, 2.45) is 5.73 Å². The molecule has 0 fully saturated rings. The third-order valence-electron chi connectivity index (χ3n) is 5.93. The second kappa shape index (κ2) is 21.5. The van der Waals surface area contributed by atoms with E-state index in [-0.39, 0.29) is 30.4 Å². The Balaban J connectivity index is 0.000000782. The first-order chi connectivity index (χ1) is 23.3. The first kappa shape index (κ1) is 46.4. The monoisotopic (exact) mass is 772 g/mol. The smallest absolute Gasteiger partial charge is 0.396 e. The predicted molar refractivity (Wildman–Crippen MR) is 171 cm³/mol. The highest BCUT2D eigenvalue weighted by molar-refractivity contribution is 6.40. The van der Waals surface area contributed by atoms with E-state index in [9.17, 15) is 53.5 Å². The number of benzene rings is 4. The van der Waals surface area contributed by atoms with E-state index in [1.807, 2.05) is 0 Å². The van der Waals surface area contributed by atoms with Crippen LogP contribution in [-0.2, 0) is 26.7 Å². The van der Waals surface area contributed by atoms with Gasteiger partial charge in [0.25, 0.3) is 6.04 Å². The van der Waals surface area contributed by atoms with E-state index in [1.54, 1.807) is 0 Å². The maximum atomic E-state index is 13.4. The van der Waals surface area contributed by atoms with E-state index in [4.69, 9.17) is 35.5 Å². The average Bonchev–Trinajstić information content (AvgIpc) is 3.02. The average molecular weight is 773 g/mol. The van der Waals surface area contributed by atoms with E-state index < -0.39 is 64.8 Å². The summed E-state index contributed by atoms with van der Waals surface area (Å²) in [5, 5.41) is 0.194. The highest BCUT2D eigenvalue weighted by Gasteiger charge is 2.33. The summed E-state index contributed by atoms with van der Waals surface area (Å²) < 4.78 is 132. The Bertz CT molecular complexity index is 1730. The summed E-state index contributed by atoms with van der Waals surface area (Å²) >= 11 is 9.53. The lowest BCUT2D eigenvalue weighted by Gasteiger charge is -2.15. The molecule has 4 rings (SSSR count). The van der Waals surface area contributed by atoms with Crippen molar-refractivity contribution >= 4 is 35.6 Å². The van der Waals surface area contributed by atoms with Gasteiger partial charge in [0, 0.05) is 18.1 Å². The molecular weight excluding hydrogens is 745 g/mol. The molecule has 0 aliphatic heterocycles. The lowest BCUT2D eigenvalue weighted by molar-refractivity contribution is -0.149. The zero-order valence-electron chi connectivity index (χ0n) is 25.3. The third kappa shape index (κ3) is 16.3. The van der Waals surface area contributed by atoms with Crippen molar-refractivity contribution in [1.29, 1.82) is 0 Å². The molecule has 0 heterocycles. The molecule has 4 aromatic carbocycles. The summed E-state index contributed by atoms with van der Waals surface area (Å²) in [6, 6.07) is 11.7. The number of carbonyl (C=O) groups excluding carboxylic acids is 2. The number of rotatable bonds is 5. The van der Waals surface area contributed by atoms with Crippen LogP contribution in [0.3, 0.4) is 0 Å². The molecule has 276 valence electrons. The van der Waals surface area contributed by atoms with Gasteiger partial charge in [-0.1, -0.05) is 19.6 Å². The molecule has 0 aromatic heterocycles. The largest absolute Gasteiger partial charge is 0.416 e. The van der Waals surface area contributed by atoms with Crippen molar-refractivity contribution < 1.29 is 58.2 Å². The van der Waals surface area contributed by atoms with Crippen LogP contribution in [0.1, 0.15) is 59.8 Å². The molecule has 2 unspecified atom stereocenters. The molecule has 0 aliphatic rings. The second-order valence-electron chi connectivity index (χ2n) is 9.46. The van der Waals surface area contributed by atoms with E-state index >= 15 is 0 Å². The van der Waals surface area contributed by atoms with Crippen LogP contribution in [0.25, 0.3) is 4.85 Å². The molecule has 51 heavy (non-hydrogen) atoms. The van der Waals surface area contributed by atoms with Crippen molar-refractivity contribution in [2.45, 2.75) is 38.8 Å². The van der Waals surface area contributed by atoms with Crippen LogP contribution in [0.4, 0.5) is 43.9 Å². The molecule has 0 saturated heterocycles. The minimum absolute atomic E-state index is 0. The molecule has 0 saturated carbocycles. The van der Waals surface area contributed by atoms with Gasteiger partial charge in [-0.25, -0.2) is 24.1 Å². The number of alkyl halides is 8. The number of ether oxygens (including phenoxy) is 1. The van der Waals surface area contributed by atoms with Gasteiger partial charge < -0.3 is 15.3 Å². The van der Waals surface area contributed by atoms with Crippen molar-refractivity contribution in [1.82, 2.24) is 0 Å². The van der Waals surface area contributed by atoms with Gasteiger partial charge in [-0.15, -0.1) is 23.2 Å². The molecule has 0 spiro atoms. The van der Waals surface area contributed by atoms with Crippen LogP contribution in [0.2, 0.25) is 0 Å². The first-order valence-electron chi connectivity index (χ1n) is 13.4. The quantitative estimate of drug-likeness (QED) is 0.0547. The van der Waals surface area contributed by atoms with Crippen LogP contribution in [0, 0.1) is 29.8 Å². The van der Waals surface area contributed by atoms with Crippen LogP contribution in [-0.4, -0.2) is 17.8 Å². The van der Waals surface area contributed by atoms with Crippen LogP contribution < -0.4 is 5.73 Å². The van der Waals surface area contributed by atoms with E-state index in [0.29, 0.717) is 23.3 Å². The van der Waals surface area contributed by atoms with Gasteiger partial charge >= 0.3 is 24.8 Å². The Morgan fingerprint density at radius 1 is 0.725 bits per heavy atom. The van der Waals surface area contributed by atoms with E-state index in [0.717, 1.165) is 55.5 Å². The number of halogens is 12. The number of carbonyl (C=O) groups is 2. The van der Waals surface area contributed by atoms with Crippen LogP contribution in [0.15, 0.2) is 84.9 Å². The fourth-order valence-electron chi connectivity index (χ4n) is 3.81. The molecule has 5 nitrogen and oxygen atoms in total. The van der Waals surface area contributed by atoms with Gasteiger partial charge in [0.15, 0.2) is 0 Å². The highest BCUT2D eigenvalue weighted by Crippen LogP contribution is 2.35. The molecule has 2 atom stereocenters. The Morgan fingerprint density at radius 3 is 1.43 bits per heavy atom. The SMILES string of the molecule is C.CC(=O)OC=O.ClCCl.NC(c1ccc(F)cc1)c1cc(F)cc(C(F)(F)F)c1.[C-]#[N+]C(c1ccc(F)cc1)c1cc(F)cc(C(F)(F)F)c1. The van der Waals surface area contributed by atoms with E-state index in [1.165, 1.54) is 24.3 Å². The van der Waals surface area contributed by atoms with Gasteiger partial charge in [-0.2, -0.15) is 26.3 Å². The summed E-state index contributed by atoms with van der Waals surface area (Å²) in [6.45, 7) is 8.37. The van der Waals surface area contributed by atoms with Gasteiger partial charge in [0.05, 0.1) is 22.5 Å². The third-order valence-corrected chi connectivity index (χ3v) is 5.93. The minimum atomic E-state index is -4.70. The molecule has 0 amide bonds. The van der Waals surface area contributed by atoms with E-state index in [2.05, 4.69) is 9.58 Å². The molecule has 0 bridgehead atoms. The van der Waals surface area contributed by atoms with Gasteiger partial charge in [0.2, 0.25) is 0 Å². The standard InChI is InChI=1S/C15H8F5N.C14H10F5N.C3H4O3.CH2Cl2.CH4/c1-21-14(9-2-4-12(16)5-3-9)10-6-11(15(18,19)20)8-13(17)7-10;15-11-3-1-8(2-4-11)13(20)9-5-10(14(17,18)19)7-12(16)6-9;1-3(5)6-2-4;2-1-3;/h2-8,14H;1-7,13H,20H2;2H,1H3;1H2;1H4. The maximum Gasteiger partial charge on any atom is 0.416 e. The van der Waals surface area contributed by atoms with Gasteiger partial charge in [-0.05, 0) is 83.9 Å². The Labute approximate surface area is 296 Å². The normalized spacial score (nSPS) is 11.6. The fraction of sp³-hybridized carbons (Fsp3) is 0.206. The number of esters is 1. The number of hydrogen-bond acceptors (Lipinski definition) is 4. The van der Waals surface area contributed by atoms with Crippen LogP contribution >= 0.6 is 23.2 Å². The van der Waals surface area contributed by atoms with Crippen LogP contribution in [0.5, 0.6) is 0 Å². The number of nitrogens with zero attached hydrogens (tertiary/aromatic N) is 1. The lowest BCUT2D eigenvalue weighted by atomic mass is 9.97. The summed E-state index contributed by atoms with van der Waals surface area (Å²) in [4.78, 5) is 22.0. The Kier molecular flexibility index (Phi) is 19.6. The maximum absolute atomic E-state index is 13.4. The highest BCUT2D eigenvalue weighted by atomic mass is 35.5. The second-order valence-corrected chi connectivity index (χ2v) is 10.3. The molecule has 2 N–H and O–H groups in total. The molecule has 0 aliphatic carbocycles. The summed E-state index contributed by atoms with van der Waals surface area (Å²) in [7, 11) is 0. The Hall–Kier alpha value is -4.65. The molecule has 0 radical (unpaired) electrons. The zero-order valence-corrected chi connectivity index (χ0v) is 26.8. The number of hydrogen-bond donors (Lipinski definition) is 1. The van der Waals surface area contributed by atoms with Crippen molar-refractivity contribution in [3.05, 3.63) is 153 Å². The minimum Gasteiger partial charge on any atom is -0.396 e. The van der Waals surface area contributed by atoms with Crippen molar-refractivity contribution in [3.63, 3.8) is 0 Å². The molecular formula is C34H28Cl2F10N2O3. The predicted octanol–water partition coefficient (Wildman–Crippen LogP) is 10.8. The zero-order chi connectivity index (χ0) is 38.2. The van der Waals surface area contributed by atoms with Gasteiger partial charge in [-0.3, -0.25) is 9.59 Å². The van der Waals surface area contributed by atoms with Crippen molar-refractivity contribution in [3.8, 4) is 0 Å². The Morgan fingerprint density at radius 2 is 1.10 bits per heavy atom. The number of nitrogens with two attached hydrogens (primary N) is 1. The lowest BCUT2D eigenvalue weighted by Crippen LogP contribution is -2.14. The summed E-state index contributed by atoms with van der Waals surface area (Å²) in [6.07, 6.45) is -9.36. The van der Waals surface area contributed by atoms with Crippen molar-refractivity contribution in [2.75, 3.05) is 5.34 Å². The fourth-order valence-corrected chi connectivity index (χ4v) is 3.81. The topological polar surface area (TPSA) is 73.8 Å². The first-order valence-corrected chi connectivity index (χ1v) is 14.4.